The second kappa shape index (κ2) is 4.84. The van der Waals surface area contributed by atoms with Crippen molar-refractivity contribution in [2.24, 2.45) is 0 Å². The van der Waals surface area contributed by atoms with Gasteiger partial charge in [-0.15, -0.1) is 0 Å². The molecule has 0 aromatic carbocycles. The lowest BCUT2D eigenvalue weighted by molar-refractivity contribution is 0.0899. The Hall–Kier alpha value is -1.49. The number of amides is 1. The second-order valence-corrected chi connectivity index (χ2v) is 3.94. The second-order valence-electron chi connectivity index (χ2n) is 3.94. The lowest BCUT2D eigenvalue weighted by Gasteiger charge is -2.25. The molecular formula is C10H15N3O2. The van der Waals surface area contributed by atoms with Crippen molar-refractivity contribution in [1.29, 1.82) is 0 Å². The maximum absolute atomic E-state index is 11.7. The fraction of sp³-hybridized carbons (Fsp3) is 0.500. The lowest BCUT2D eigenvalue weighted by Crippen LogP contribution is -2.44. The Morgan fingerprint density at radius 3 is 2.80 bits per heavy atom. The van der Waals surface area contributed by atoms with Crippen molar-refractivity contribution >= 4 is 5.91 Å². The molecule has 0 aliphatic carbocycles. The topological polar surface area (TPSA) is 75.1 Å². The lowest BCUT2D eigenvalue weighted by atomic mass is 10.0. The van der Waals surface area contributed by atoms with Crippen molar-refractivity contribution in [1.82, 2.24) is 15.5 Å². The molecule has 0 radical (unpaired) electrons. The van der Waals surface area contributed by atoms with E-state index < -0.39 is 5.54 Å². The Kier molecular flexibility index (Phi) is 3.74. The highest BCUT2D eigenvalue weighted by Crippen LogP contribution is 2.08. The van der Waals surface area contributed by atoms with Crippen LogP contribution in [0.25, 0.3) is 0 Å². The number of aliphatic hydroxyl groups excluding tert-OH is 1. The Balaban J connectivity index is 2.64. The largest absolute Gasteiger partial charge is 0.396 e. The third kappa shape index (κ3) is 3.63. The highest BCUT2D eigenvalue weighted by molar-refractivity contribution is 5.94. The van der Waals surface area contributed by atoms with Gasteiger partial charge in [-0.25, -0.2) is 0 Å². The number of nitrogens with one attached hydrogen (secondary N) is 1. The molecule has 5 nitrogen and oxygen atoms in total. The van der Waals surface area contributed by atoms with E-state index >= 15 is 0 Å². The normalized spacial score (nSPS) is 11.1. The van der Waals surface area contributed by atoms with Gasteiger partial charge in [0.2, 0.25) is 0 Å². The molecule has 0 spiro atoms. The van der Waals surface area contributed by atoms with E-state index in [9.17, 15) is 4.79 Å². The average Bonchev–Trinajstić information content (AvgIpc) is 2.18. The molecule has 0 fully saturated rings. The highest BCUT2D eigenvalue weighted by Gasteiger charge is 2.20. The van der Waals surface area contributed by atoms with Gasteiger partial charge in [0.1, 0.15) is 0 Å². The summed E-state index contributed by atoms with van der Waals surface area (Å²) in [6.07, 6.45) is 3.38. The summed E-state index contributed by atoms with van der Waals surface area (Å²) >= 11 is 0. The van der Waals surface area contributed by atoms with Gasteiger partial charge in [0, 0.05) is 12.1 Å². The molecule has 0 atom stereocenters. The molecule has 2 N–H and O–H groups in total. The zero-order chi connectivity index (χ0) is 11.3. The zero-order valence-corrected chi connectivity index (χ0v) is 8.90. The van der Waals surface area contributed by atoms with E-state index in [1.54, 1.807) is 6.07 Å². The van der Waals surface area contributed by atoms with Gasteiger partial charge in [0.15, 0.2) is 0 Å². The first-order valence-electron chi connectivity index (χ1n) is 4.75. The fourth-order valence-corrected chi connectivity index (χ4v) is 1.15. The minimum absolute atomic E-state index is 0.0435. The number of carbonyl (C=O) groups is 1. The van der Waals surface area contributed by atoms with Gasteiger partial charge in [0.25, 0.3) is 5.91 Å². The predicted molar refractivity (Wildman–Crippen MR) is 55.3 cm³/mol. The van der Waals surface area contributed by atoms with Gasteiger partial charge < -0.3 is 10.4 Å². The number of carbonyl (C=O) groups excluding carboxylic acids is 1. The summed E-state index contributed by atoms with van der Waals surface area (Å²) in [5.74, 6) is -0.205. The van der Waals surface area contributed by atoms with Gasteiger partial charge in [-0.1, -0.05) is 0 Å². The molecule has 0 saturated carbocycles. The number of hydrogen-bond acceptors (Lipinski definition) is 4. The van der Waals surface area contributed by atoms with Gasteiger partial charge in [-0.05, 0) is 26.3 Å². The van der Waals surface area contributed by atoms with E-state index in [4.69, 9.17) is 5.11 Å². The van der Waals surface area contributed by atoms with E-state index in [1.165, 1.54) is 12.4 Å². The van der Waals surface area contributed by atoms with Crippen molar-refractivity contribution in [3.63, 3.8) is 0 Å². The number of aliphatic hydroxyl groups is 1. The standard InChI is InChI=1S/C10H15N3O2/c1-10(2,4-6-14)13-9(15)8-3-5-11-12-7-8/h3,5,7,14H,4,6H2,1-2H3,(H,13,15). The first-order valence-corrected chi connectivity index (χ1v) is 4.75. The van der Waals surface area contributed by atoms with Gasteiger partial charge in [-0.2, -0.15) is 10.2 Å². The van der Waals surface area contributed by atoms with Crippen molar-refractivity contribution < 1.29 is 9.90 Å². The number of nitrogens with zero attached hydrogens (tertiary/aromatic N) is 2. The van der Waals surface area contributed by atoms with Crippen LogP contribution in [0.3, 0.4) is 0 Å². The molecule has 1 heterocycles. The molecule has 0 unspecified atom stereocenters. The monoisotopic (exact) mass is 209 g/mol. The molecular weight excluding hydrogens is 194 g/mol. The number of hydrogen-bond donors (Lipinski definition) is 2. The molecule has 82 valence electrons. The van der Waals surface area contributed by atoms with Crippen LogP contribution in [0, 0.1) is 0 Å². The molecule has 15 heavy (non-hydrogen) atoms. The Morgan fingerprint density at radius 2 is 2.27 bits per heavy atom. The molecule has 5 heteroatoms. The third-order valence-electron chi connectivity index (χ3n) is 2.04. The Bertz CT molecular complexity index is 325. The SMILES string of the molecule is CC(C)(CCO)NC(=O)c1ccnnc1. The minimum atomic E-state index is -0.422. The maximum atomic E-state index is 11.7. The molecule has 0 bridgehead atoms. The molecule has 1 aromatic rings. The summed E-state index contributed by atoms with van der Waals surface area (Å²) in [4.78, 5) is 11.7. The van der Waals surface area contributed by atoms with E-state index in [0.717, 1.165) is 0 Å². The first-order chi connectivity index (χ1) is 7.05. The average molecular weight is 209 g/mol. The van der Waals surface area contributed by atoms with E-state index in [1.807, 2.05) is 13.8 Å². The van der Waals surface area contributed by atoms with E-state index in [-0.39, 0.29) is 12.5 Å². The van der Waals surface area contributed by atoms with Crippen molar-refractivity contribution in [2.45, 2.75) is 25.8 Å². The van der Waals surface area contributed by atoms with Crippen molar-refractivity contribution in [2.75, 3.05) is 6.61 Å². The molecule has 1 aromatic heterocycles. The maximum Gasteiger partial charge on any atom is 0.253 e. The Morgan fingerprint density at radius 1 is 1.53 bits per heavy atom. The summed E-state index contributed by atoms with van der Waals surface area (Å²) in [7, 11) is 0. The van der Waals surface area contributed by atoms with Crippen LogP contribution < -0.4 is 5.32 Å². The smallest absolute Gasteiger partial charge is 0.253 e. The predicted octanol–water partition coefficient (Wildman–Crippen LogP) is 0.367. The fourth-order valence-electron chi connectivity index (χ4n) is 1.15. The van der Waals surface area contributed by atoms with Crippen LogP contribution in [-0.2, 0) is 0 Å². The summed E-state index contributed by atoms with van der Waals surface area (Å²) in [6.45, 7) is 3.76. The summed E-state index contributed by atoms with van der Waals surface area (Å²) in [6, 6.07) is 1.59. The van der Waals surface area contributed by atoms with Crippen LogP contribution in [0.2, 0.25) is 0 Å². The summed E-state index contributed by atoms with van der Waals surface area (Å²) < 4.78 is 0. The zero-order valence-electron chi connectivity index (χ0n) is 8.90. The Labute approximate surface area is 88.5 Å². The van der Waals surface area contributed by atoms with E-state index in [2.05, 4.69) is 15.5 Å². The molecule has 1 rings (SSSR count). The minimum Gasteiger partial charge on any atom is -0.396 e. The van der Waals surface area contributed by atoms with Gasteiger partial charge >= 0.3 is 0 Å². The van der Waals surface area contributed by atoms with E-state index in [0.29, 0.717) is 12.0 Å². The van der Waals surface area contributed by atoms with Crippen LogP contribution in [0.1, 0.15) is 30.6 Å². The summed E-state index contributed by atoms with van der Waals surface area (Å²) in [5, 5.41) is 18.8. The van der Waals surface area contributed by atoms with Crippen LogP contribution in [0.15, 0.2) is 18.5 Å². The van der Waals surface area contributed by atoms with Crippen molar-refractivity contribution in [3.05, 3.63) is 24.0 Å². The van der Waals surface area contributed by atoms with Crippen LogP contribution in [0.4, 0.5) is 0 Å². The highest BCUT2D eigenvalue weighted by atomic mass is 16.3. The van der Waals surface area contributed by atoms with Crippen molar-refractivity contribution in [3.8, 4) is 0 Å². The van der Waals surface area contributed by atoms with Crippen LogP contribution >= 0.6 is 0 Å². The third-order valence-corrected chi connectivity index (χ3v) is 2.04. The van der Waals surface area contributed by atoms with Crippen LogP contribution in [-0.4, -0.2) is 33.4 Å². The summed E-state index contributed by atoms with van der Waals surface area (Å²) in [5.41, 5.74) is 0.0470. The van der Waals surface area contributed by atoms with Gasteiger partial charge in [-0.3, -0.25) is 4.79 Å². The molecule has 0 saturated heterocycles. The molecule has 0 aliphatic rings. The van der Waals surface area contributed by atoms with Gasteiger partial charge in [0.05, 0.1) is 18.0 Å². The number of aromatic nitrogens is 2. The molecule has 0 aliphatic heterocycles. The quantitative estimate of drug-likeness (QED) is 0.751. The molecule has 1 amide bonds. The number of rotatable bonds is 4. The van der Waals surface area contributed by atoms with Crippen LogP contribution in [0.5, 0.6) is 0 Å². The first kappa shape index (κ1) is 11.6.